The third-order valence-corrected chi connectivity index (χ3v) is 4.79. The first-order chi connectivity index (χ1) is 8.83. The highest BCUT2D eigenvalue weighted by atomic mass is 32.2. The maximum absolute atomic E-state index is 12.2. The number of aryl methyl sites for hydroxylation is 2. The molecule has 2 heterocycles. The second-order valence-corrected chi connectivity index (χ2v) is 6.12. The number of carboxylic acids is 1. The van der Waals surface area contributed by atoms with Crippen LogP contribution in [0.4, 0.5) is 0 Å². The molecule has 0 amide bonds. The molecule has 1 aromatic rings. The summed E-state index contributed by atoms with van der Waals surface area (Å²) in [5.41, 5.74) is 0.756. The fourth-order valence-corrected chi connectivity index (χ4v) is 3.74. The van der Waals surface area contributed by atoms with Crippen LogP contribution in [0.15, 0.2) is 4.90 Å². The third kappa shape index (κ3) is 2.62. The molecule has 3 N–H and O–H groups in total. The van der Waals surface area contributed by atoms with E-state index in [0.29, 0.717) is 11.4 Å². The number of hydrogen-bond acceptors (Lipinski definition) is 5. The first kappa shape index (κ1) is 14.0. The molecule has 1 fully saturated rings. The van der Waals surface area contributed by atoms with E-state index in [0.717, 1.165) is 0 Å². The number of nitrogens with one attached hydrogen (secondary N) is 2. The predicted molar refractivity (Wildman–Crippen MR) is 64.1 cm³/mol. The van der Waals surface area contributed by atoms with Crippen LogP contribution in [0.1, 0.15) is 11.4 Å². The van der Waals surface area contributed by atoms with E-state index < -0.39 is 28.0 Å². The summed E-state index contributed by atoms with van der Waals surface area (Å²) in [6.07, 6.45) is 0. The lowest BCUT2D eigenvalue weighted by molar-refractivity contribution is -0.142. The Morgan fingerprint density at radius 2 is 2.16 bits per heavy atom. The topological polar surface area (TPSA) is 121 Å². The van der Waals surface area contributed by atoms with E-state index in [1.165, 1.54) is 0 Å². The molecule has 0 aromatic carbocycles. The number of aromatic nitrogens is 2. The van der Waals surface area contributed by atoms with Gasteiger partial charge >= 0.3 is 5.97 Å². The van der Waals surface area contributed by atoms with Gasteiger partial charge in [-0.3, -0.25) is 9.89 Å². The van der Waals surface area contributed by atoms with Crippen molar-refractivity contribution in [1.29, 1.82) is 0 Å². The molecular formula is C10H15N3O5S. The van der Waals surface area contributed by atoms with Gasteiger partial charge in [0.1, 0.15) is 4.90 Å². The first-order valence-electron chi connectivity index (χ1n) is 5.67. The number of carbonyl (C=O) groups is 1. The van der Waals surface area contributed by atoms with Crippen LogP contribution in [0.2, 0.25) is 0 Å². The largest absolute Gasteiger partial charge is 0.481 e. The van der Waals surface area contributed by atoms with Crippen LogP contribution in [-0.4, -0.2) is 48.9 Å². The Bertz CT molecular complexity index is 575. The van der Waals surface area contributed by atoms with Crippen LogP contribution in [0.5, 0.6) is 0 Å². The van der Waals surface area contributed by atoms with Crippen LogP contribution in [0.3, 0.4) is 0 Å². The molecule has 0 aliphatic carbocycles. The van der Waals surface area contributed by atoms with E-state index in [4.69, 9.17) is 9.84 Å². The number of H-pyrrole nitrogens is 1. The Morgan fingerprint density at radius 1 is 1.47 bits per heavy atom. The standard InChI is InChI=1S/C10H15N3O5S/c1-5-9(6(2)12-11-5)19(16,17)13-8-4-18-3-7(8)10(14)15/h7-8,13H,3-4H2,1-2H3,(H,11,12)(H,14,15). The highest BCUT2D eigenvalue weighted by Gasteiger charge is 2.38. The van der Waals surface area contributed by atoms with Crippen molar-refractivity contribution in [2.45, 2.75) is 24.8 Å². The van der Waals surface area contributed by atoms with E-state index in [1.54, 1.807) is 13.8 Å². The Balaban J connectivity index is 2.25. The Kier molecular flexibility index (Phi) is 3.61. The number of ether oxygens (including phenoxy) is 1. The summed E-state index contributed by atoms with van der Waals surface area (Å²) in [6.45, 7) is 3.21. The van der Waals surface area contributed by atoms with Gasteiger partial charge in [-0.2, -0.15) is 5.10 Å². The number of rotatable bonds is 4. The molecule has 1 aliphatic heterocycles. The molecule has 9 heteroatoms. The highest BCUT2D eigenvalue weighted by Crippen LogP contribution is 2.20. The van der Waals surface area contributed by atoms with Crippen molar-refractivity contribution in [2.24, 2.45) is 5.92 Å². The lowest BCUT2D eigenvalue weighted by Gasteiger charge is -2.15. The molecular weight excluding hydrogens is 274 g/mol. The summed E-state index contributed by atoms with van der Waals surface area (Å²) in [7, 11) is -3.82. The smallest absolute Gasteiger partial charge is 0.310 e. The van der Waals surface area contributed by atoms with Gasteiger partial charge in [0.05, 0.1) is 36.6 Å². The average Bonchev–Trinajstić information content (AvgIpc) is 2.85. The molecule has 0 spiro atoms. The molecule has 2 unspecified atom stereocenters. The summed E-state index contributed by atoms with van der Waals surface area (Å²) >= 11 is 0. The van der Waals surface area contributed by atoms with Gasteiger partial charge in [-0.15, -0.1) is 0 Å². The van der Waals surface area contributed by atoms with Crippen LogP contribution in [0, 0.1) is 19.8 Å². The molecule has 1 saturated heterocycles. The fourth-order valence-electron chi connectivity index (χ4n) is 2.11. The minimum atomic E-state index is -3.82. The average molecular weight is 289 g/mol. The molecule has 8 nitrogen and oxygen atoms in total. The lowest BCUT2D eigenvalue weighted by Crippen LogP contribution is -2.42. The summed E-state index contributed by atoms with van der Waals surface area (Å²) in [5, 5.41) is 15.4. The van der Waals surface area contributed by atoms with Crippen molar-refractivity contribution in [3.63, 3.8) is 0 Å². The second-order valence-electron chi connectivity index (χ2n) is 4.47. The van der Waals surface area contributed by atoms with Gasteiger partial charge in [0.15, 0.2) is 0 Å². The summed E-state index contributed by atoms with van der Waals surface area (Å²) in [6, 6.07) is -0.767. The number of nitrogens with zero attached hydrogens (tertiary/aromatic N) is 1. The first-order valence-corrected chi connectivity index (χ1v) is 7.15. The molecule has 1 aromatic heterocycles. The van der Waals surface area contributed by atoms with Crippen LogP contribution >= 0.6 is 0 Å². The van der Waals surface area contributed by atoms with Crippen LogP contribution in [0.25, 0.3) is 0 Å². The molecule has 0 radical (unpaired) electrons. The summed E-state index contributed by atoms with van der Waals surface area (Å²) < 4.78 is 31.9. The Hall–Kier alpha value is -1.45. The van der Waals surface area contributed by atoms with Gasteiger partial charge in [0.2, 0.25) is 10.0 Å². The van der Waals surface area contributed by atoms with Gasteiger partial charge in [-0.1, -0.05) is 0 Å². The molecule has 2 rings (SSSR count). The van der Waals surface area contributed by atoms with Gasteiger partial charge < -0.3 is 9.84 Å². The Morgan fingerprint density at radius 3 is 2.68 bits per heavy atom. The zero-order chi connectivity index (χ0) is 14.2. The quantitative estimate of drug-likeness (QED) is 0.680. The van der Waals surface area contributed by atoms with E-state index in [1.807, 2.05) is 0 Å². The van der Waals surface area contributed by atoms with Crippen LogP contribution in [-0.2, 0) is 19.6 Å². The third-order valence-electron chi connectivity index (χ3n) is 3.03. The SMILES string of the molecule is Cc1n[nH]c(C)c1S(=O)(=O)NC1COCC1C(=O)O. The maximum Gasteiger partial charge on any atom is 0.310 e. The number of aliphatic carboxylic acids is 1. The van der Waals surface area contributed by atoms with E-state index in [2.05, 4.69) is 14.9 Å². The zero-order valence-corrected chi connectivity index (χ0v) is 11.3. The Labute approximate surface area is 110 Å². The molecule has 1 aliphatic rings. The zero-order valence-electron chi connectivity index (χ0n) is 10.5. The minimum Gasteiger partial charge on any atom is -0.481 e. The molecule has 106 valence electrons. The van der Waals surface area contributed by atoms with Crippen LogP contribution < -0.4 is 4.72 Å². The molecule has 19 heavy (non-hydrogen) atoms. The van der Waals surface area contributed by atoms with Gasteiger partial charge in [-0.05, 0) is 13.8 Å². The highest BCUT2D eigenvalue weighted by molar-refractivity contribution is 7.89. The maximum atomic E-state index is 12.2. The van der Waals surface area contributed by atoms with Gasteiger partial charge in [-0.25, -0.2) is 13.1 Å². The number of carboxylic acid groups (broad SMARTS) is 1. The van der Waals surface area contributed by atoms with E-state index in [9.17, 15) is 13.2 Å². The predicted octanol–water partition coefficient (Wildman–Crippen LogP) is -0.596. The normalized spacial score (nSPS) is 23.7. The van der Waals surface area contributed by atoms with Crippen molar-refractivity contribution in [2.75, 3.05) is 13.2 Å². The molecule has 2 atom stereocenters. The van der Waals surface area contributed by atoms with Gasteiger partial charge in [0.25, 0.3) is 0 Å². The number of aromatic amines is 1. The molecule has 0 saturated carbocycles. The van der Waals surface area contributed by atoms with E-state index in [-0.39, 0.29) is 18.1 Å². The van der Waals surface area contributed by atoms with Crippen molar-refractivity contribution in [3.8, 4) is 0 Å². The number of hydrogen-bond donors (Lipinski definition) is 3. The second kappa shape index (κ2) is 4.91. The minimum absolute atomic E-state index is 0.00582. The lowest BCUT2D eigenvalue weighted by atomic mass is 10.1. The summed E-state index contributed by atoms with van der Waals surface area (Å²) in [4.78, 5) is 11.0. The van der Waals surface area contributed by atoms with Crippen molar-refractivity contribution < 1.29 is 23.1 Å². The van der Waals surface area contributed by atoms with Crippen molar-refractivity contribution in [3.05, 3.63) is 11.4 Å². The number of sulfonamides is 1. The summed E-state index contributed by atoms with van der Waals surface area (Å²) in [5.74, 6) is -1.95. The molecule has 0 bridgehead atoms. The monoisotopic (exact) mass is 289 g/mol. The van der Waals surface area contributed by atoms with Crippen molar-refractivity contribution >= 4 is 16.0 Å². The van der Waals surface area contributed by atoms with Crippen molar-refractivity contribution in [1.82, 2.24) is 14.9 Å². The van der Waals surface area contributed by atoms with E-state index >= 15 is 0 Å². The van der Waals surface area contributed by atoms with Gasteiger partial charge in [0, 0.05) is 0 Å². The fraction of sp³-hybridized carbons (Fsp3) is 0.600.